The second-order valence-electron chi connectivity index (χ2n) is 7.70. The summed E-state index contributed by atoms with van der Waals surface area (Å²) in [5.74, 6) is 1.25. The van der Waals surface area contributed by atoms with E-state index in [4.69, 9.17) is 9.15 Å². The molecule has 0 bridgehead atoms. The lowest BCUT2D eigenvalue weighted by atomic mass is 10.1. The van der Waals surface area contributed by atoms with E-state index in [1.807, 2.05) is 61.5 Å². The van der Waals surface area contributed by atoms with Crippen molar-refractivity contribution in [3.05, 3.63) is 102 Å². The summed E-state index contributed by atoms with van der Waals surface area (Å²) in [6, 6.07) is 24.0. The zero-order chi connectivity index (χ0) is 23.9. The lowest BCUT2D eigenvalue weighted by Crippen LogP contribution is -2.26. The molecule has 0 fully saturated rings. The van der Waals surface area contributed by atoms with Crippen molar-refractivity contribution in [2.45, 2.75) is 12.7 Å². The Morgan fingerprint density at radius 3 is 2.38 bits per heavy atom. The van der Waals surface area contributed by atoms with Gasteiger partial charge in [-0.1, -0.05) is 35.9 Å². The number of oxazole rings is 1. The minimum absolute atomic E-state index is 0.107. The molecule has 0 saturated heterocycles. The fraction of sp³-hybridized carbons (Fsp3) is 0.148. The second-order valence-corrected chi connectivity index (χ2v) is 8.69. The molecule has 34 heavy (non-hydrogen) atoms. The summed E-state index contributed by atoms with van der Waals surface area (Å²) in [4.78, 5) is 30.9. The SMILES string of the molecule is Cc1ccc(C(=O)N(C)c2ccc(OC(=O)CSCc3coc(-c4ccccc4)n3)cc2)cc1. The van der Waals surface area contributed by atoms with E-state index in [-0.39, 0.29) is 17.6 Å². The first kappa shape index (κ1) is 23.3. The summed E-state index contributed by atoms with van der Waals surface area (Å²) in [7, 11) is 1.72. The van der Waals surface area contributed by atoms with Gasteiger partial charge in [-0.3, -0.25) is 9.59 Å². The van der Waals surface area contributed by atoms with Gasteiger partial charge in [-0.2, -0.15) is 0 Å². The van der Waals surface area contributed by atoms with Crippen LogP contribution in [0.1, 0.15) is 21.6 Å². The number of carbonyl (C=O) groups is 2. The molecular formula is C27H24N2O4S. The Labute approximate surface area is 202 Å². The number of benzene rings is 3. The van der Waals surface area contributed by atoms with Crippen LogP contribution < -0.4 is 9.64 Å². The van der Waals surface area contributed by atoms with Crippen LogP contribution in [0.3, 0.4) is 0 Å². The van der Waals surface area contributed by atoms with Crippen molar-refractivity contribution in [3.8, 4) is 17.2 Å². The normalized spacial score (nSPS) is 10.6. The average Bonchev–Trinajstić information content (AvgIpc) is 3.34. The lowest BCUT2D eigenvalue weighted by Gasteiger charge is -2.18. The summed E-state index contributed by atoms with van der Waals surface area (Å²) in [6.07, 6.45) is 1.60. The van der Waals surface area contributed by atoms with Crippen molar-refractivity contribution in [1.82, 2.24) is 4.98 Å². The molecule has 0 aliphatic carbocycles. The number of aromatic nitrogens is 1. The second kappa shape index (κ2) is 10.9. The van der Waals surface area contributed by atoms with Crippen molar-refractivity contribution in [2.24, 2.45) is 0 Å². The summed E-state index contributed by atoms with van der Waals surface area (Å²) < 4.78 is 10.9. The first-order valence-corrected chi connectivity index (χ1v) is 11.9. The van der Waals surface area contributed by atoms with Crippen molar-refractivity contribution >= 4 is 29.3 Å². The van der Waals surface area contributed by atoms with E-state index in [0.717, 1.165) is 16.8 Å². The molecule has 0 radical (unpaired) electrons. The zero-order valence-corrected chi connectivity index (χ0v) is 19.7. The fourth-order valence-electron chi connectivity index (χ4n) is 3.23. The van der Waals surface area contributed by atoms with Crippen LogP contribution >= 0.6 is 11.8 Å². The Morgan fingerprint density at radius 1 is 0.971 bits per heavy atom. The highest BCUT2D eigenvalue weighted by Crippen LogP contribution is 2.22. The summed E-state index contributed by atoms with van der Waals surface area (Å²) in [6.45, 7) is 1.98. The topological polar surface area (TPSA) is 72.6 Å². The summed E-state index contributed by atoms with van der Waals surface area (Å²) >= 11 is 1.40. The molecule has 4 rings (SSSR count). The monoisotopic (exact) mass is 472 g/mol. The van der Waals surface area contributed by atoms with Crippen LogP contribution in [-0.2, 0) is 10.5 Å². The summed E-state index contributed by atoms with van der Waals surface area (Å²) in [5, 5.41) is 0. The third kappa shape index (κ3) is 5.94. The van der Waals surface area contributed by atoms with E-state index in [1.54, 1.807) is 42.5 Å². The Morgan fingerprint density at radius 2 is 1.68 bits per heavy atom. The number of anilines is 1. The predicted octanol–water partition coefficient (Wildman–Crippen LogP) is 5.77. The van der Waals surface area contributed by atoms with E-state index in [1.165, 1.54) is 11.8 Å². The van der Waals surface area contributed by atoms with Crippen LogP contribution in [0.4, 0.5) is 5.69 Å². The Bertz CT molecular complexity index is 1250. The molecule has 4 aromatic rings. The molecule has 7 heteroatoms. The number of aryl methyl sites for hydroxylation is 1. The Hall–Kier alpha value is -3.84. The number of ether oxygens (including phenoxy) is 1. The maximum Gasteiger partial charge on any atom is 0.321 e. The number of thioether (sulfide) groups is 1. The molecule has 0 atom stereocenters. The van der Waals surface area contributed by atoms with Crippen molar-refractivity contribution in [1.29, 1.82) is 0 Å². The van der Waals surface area contributed by atoms with E-state index in [2.05, 4.69) is 4.98 Å². The number of amides is 1. The first-order chi connectivity index (χ1) is 16.5. The van der Waals surface area contributed by atoms with Crippen LogP contribution in [0.2, 0.25) is 0 Å². The smallest absolute Gasteiger partial charge is 0.321 e. The number of esters is 1. The molecule has 1 amide bonds. The highest BCUT2D eigenvalue weighted by atomic mass is 32.2. The number of hydrogen-bond acceptors (Lipinski definition) is 6. The van der Waals surface area contributed by atoms with Gasteiger partial charge < -0.3 is 14.1 Å². The molecule has 172 valence electrons. The van der Waals surface area contributed by atoms with Gasteiger partial charge in [0.05, 0.1) is 11.4 Å². The molecule has 3 aromatic carbocycles. The van der Waals surface area contributed by atoms with E-state index in [0.29, 0.717) is 28.6 Å². The van der Waals surface area contributed by atoms with Crippen LogP contribution in [0.25, 0.3) is 11.5 Å². The predicted molar refractivity (Wildman–Crippen MR) is 134 cm³/mol. The molecule has 6 nitrogen and oxygen atoms in total. The number of nitrogens with zero attached hydrogens (tertiary/aromatic N) is 2. The van der Waals surface area contributed by atoms with E-state index < -0.39 is 0 Å². The van der Waals surface area contributed by atoms with Crippen LogP contribution in [-0.4, -0.2) is 29.7 Å². The van der Waals surface area contributed by atoms with Gasteiger partial charge in [0, 0.05) is 29.6 Å². The molecule has 0 unspecified atom stereocenters. The van der Waals surface area contributed by atoms with Gasteiger partial charge >= 0.3 is 5.97 Å². The van der Waals surface area contributed by atoms with Gasteiger partial charge in [0.15, 0.2) is 0 Å². The highest BCUT2D eigenvalue weighted by Gasteiger charge is 2.14. The molecule has 1 heterocycles. The Kier molecular flexibility index (Phi) is 7.44. The van der Waals surface area contributed by atoms with Crippen LogP contribution in [0, 0.1) is 6.92 Å². The van der Waals surface area contributed by atoms with Gasteiger partial charge in [0.25, 0.3) is 5.91 Å². The number of hydrogen-bond donors (Lipinski definition) is 0. The van der Waals surface area contributed by atoms with Crippen LogP contribution in [0.15, 0.2) is 89.5 Å². The van der Waals surface area contributed by atoms with Crippen molar-refractivity contribution in [3.63, 3.8) is 0 Å². The molecule has 0 aliphatic rings. The average molecular weight is 473 g/mol. The van der Waals surface area contributed by atoms with Gasteiger partial charge in [0.1, 0.15) is 12.0 Å². The minimum atomic E-state index is -0.353. The third-order valence-electron chi connectivity index (χ3n) is 5.10. The van der Waals surface area contributed by atoms with Crippen molar-refractivity contribution < 1.29 is 18.7 Å². The number of carbonyl (C=O) groups excluding carboxylic acids is 2. The van der Waals surface area contributed by atoms with Gasteiger partial charge in [-0.05, 0) is 55.5 Å². The van der Waals surface area contributed by atoms with Crippen LogP contribution in [0.5, 0.6) is 5.75 Å². The first-order valence-electron chi connectivity index (χ1n) is 10.7. The standard InChI is InChI=1S/C27H24N2O4S/c1-19-8-10-21(11-9-19)27(31)29(2)23-12-14-24(15-13-23)33-25(30)18-34-17-22-16-32-26(28-22)20-6-4-3-5-7-20/h3-16H,17-18H2,1-2H3. The lowest BCUT2D eigenvalue weighted by molar-refractivity contribution is -0.131. The number of rotatable bonds is 8. The van der Waals surface area contributed by atoms with Crippen molar-refractivity contribution in [2.75, 3.05) is 17.7 Å². The minimum Gasteiger partial charge on any atom is -0.444 e. The molecule has 1 aromatic heterocycles. The van der Waals surface area contributed by atoms with E-state index in [9.17, 15) is 9.59 Å². The largest absolute Gasteiger partial charge is 0.444 e. The quantitative estimate of drug-likeness (QED) is 0.240. The summed E-state index contributed by atoms with van der Waals surface area (Å²) in [5.41, 5.74) is 4.10. The Balaban J connectivity index is 1.25. The molecular weight excluding hydrogens is 448 g/mol. The maximum absolute atomic E-state index is 12.7. The maximum atomic E-state index is 12.7. The van der Waals surface area contributed by atoms with E-state index >= 15 is 0 Å². The van der Waals surface area contributed by atoms with Gasteiger partial charge in [0.2, 0.25) is 5.89 Å². The van der Waals surface area contributed by atoms with Gasteiger partial charge in [-0.15, -0.1) is 11.8 Å². The molecule has 0 saturated carbocycles. The fourth-order valence-corrected chi connectivity index (χ4v) is 3.90. The molecule has 0 spiro atoms. The molecule has 0 N–H and O–H groups in total. The molecule has 0 aliphatic heterocycles. The van der Waals surface area contributed by atoms with Gasteiger partial charge in [-0.25, -0.2) is 4.98 Å². The highest BCUT2D eigenvalue weighted by molar-refractivity contribution is 7.99. The zero-order valence-electron chi connectivity index (χ0n) is 18.9. The third-order valence-corrected chi connectivity index (χ3v) is 6.04.